The summed E-state index contributed by atoms with van der Waals surface area (Å²) >= 11 is 7.77. The highest BCUT2D eigenvalue weighted by Gasteiger charge is 2.15. The number of aromatic nitrogens is 2. The van der Waals surface area contributed by atoms with Crippen molar-refractivity contribution in [2.75, 3.05) is 45.2 Å². The molecule has 9 heteroatoms. The van der Waals surface area contributed by atoms with E-state index in [0.29, 0.717) is 12.3 Å². The Bertz CT molecular complexity index is 660. The molecule has 0 unspecified atom stereocenters. The van der Waals surface area contributed by atoms with Crippen LogP contribution in [0.1, 0.15) is 11.4 Å². The lowest BCUT2D eigenvalue weighted by Crippen LogP contribution is -2.42. The molecule has 2 heterocycles. The average Bonchev–Trinajstić information content (AvgIpc) is 3.01. The van der Waals surface area contributed by atoms with Crippen LogP contribution in [0.3, 0.4) is 0 Å². The Morgan fingerprint density at radius 3 is 2.38 bits per heavy atom. The minimum Gasteiger partial charge on any atom is -0.487 e. The number of aliphatic hydroxyl groups is 1. The molecule has 3 rings (SSSR count). The number of rotatable bonds is 5. The number of ether oxygens (including phenoxy) is 1. The van der Waals surface area contributed by atoms with E-state index in [1.54, 1.807) is 0 Å². The first-order valence-corrected chi connectivity index (χ1v) is 9.61. The molecule has 144 valence electrons. The Labute approximate surface area is 168 Å². The molecule has 0 amide bonds. The fraction of sp³-hybridized carbons (Fsp3) is 0.471. The summed E-state index contributed by atoms with van der Waals surface area (Å²) in [5, 5.41) is 18.7. The average molecular weight is 444 g/mol. The minimum absolute atomic E-state index is 0.106. The first-order valence-electron chi connectivity index (χ1n) is 8.41. The number of benzene rings is 1. The molecule has 2 aromatic rings. The van der Waals surface area contributed by atoms with Crippen LogP contribution in [0.2, 0.25) is 0 Å². The van der Waals surface area contributed by atoms with Crippen LogP contribution in [0.25, 0.3) is 0 Å². The Kier molecular flexibility index (Phi) is 8.73. The Balaban J connectivity index is 0.000000758. The maximum atomic E-state index is 9.12. The zero-order chi connectivity index (χ0) is 18.9. The standard InChI is InChI=1S/C15H19BrN4O2S.C2H7N/c16-15-13(9-21)17-18-14(15)10-22-12-3-1-11(2-4-12)19-5-7-20(23)8-6-19;1-3-2/h1-4,21,23H,5-10H2,(H,17,18);3H,1-2H3. The van der Waals surface area contributed by atoms with E-state index in [-0.39, 0.29) is 6.61 Å². The Hall–Kier alpha value is -1.26. The van der Waals surface area contributed by atoms with Crippen molar-refractivity contribution < 1.29 is 9.84 Å². The van der Waals surface area contributed by atoms with Gasteiger partial charge in [0.15, 0.2) is 0 Å². The van der Waals surface area contributed by atoms with E-state index in [9.17, 15) is 0 Å². The van der Waals surface area contributed by atoms with Gasteiger partial charge in [0.25, 0.3) is 0 Å². The second-order valence-corrected chi connectivity index (χ2v) is 7.20. The third-order valence-electron chi connectivity index (χ3n) is 3.84. The van der Waals surface area contributed by atoms with Crippen molar-refractivity contribution in [3.8, 4) is 5.75 Å². The fourth-order valence-electron chi connectivity index (χ4n) is 2.47. The summed E-state index contributed by atoms with van der Waals surface area (Å²) in [5.74, 6) is 0.800. The number of thiol groups is 1. The Morgan fingerprint density at radius 1 is 1.23 bits per heavy atom. The molecule has 0 atom stereocenters. The van der Waals surface area contributed by atoms with Crippen molar-refractivity contribution in [3.63, 3.8) is 0 Å². The number of aliphatic hydroxyl groups excluding tert-OH is 1. The first kappa shape index (κ1) is 21.0. The van der Waals surface area contributed by atoms with Gasteiger partial charge in [-0.25, -0.2) is 4.31 Å². The molecule has 0 radical (unpaired) electrons. The van der Waals surface area contributed by atoms with Crippen LogP contribution in [-0.4, -0.2) is 59.9 Å². The highest BCUT2D eigenvalue weighted by atomic mass is 79.9. The van der Waals surface area contributed by atoms with Gasteiger partial charge in [-0.2, -0.15) is 5.10 Å². The van der Waals surface area contributed by atoms with Crippen molar-refractivity contribution >= 4 is 34.4 Å². The third-order valence-corrected chi connectivity index (χ3v) is 5.17. The number of piperazine rings is 1. The van der Waals surface area contributed by atoms with Gasteiger partial charge in [-0.05, 0) is 54.3 Å². The number of nitrogens with one attached hydrogen (secondary N) is 2. The van der Waals surface area contributed by atoms with Gasteiger partial charge in [0.2, 0.25) is 0 Å². The largest absolute Gasteiger partial charge is 0.487 e. The summed E-state index contributed by atoms with van der Waals surface area (Å²) in [6.45, 7) is 4.14. The summed E-state index contributed by atoms with van der Waals surface area (Å²) in [6.07, 6.45) is 0. The van der Waals surface area contributed by atoms with E-state index in [0.717, 1.165) is 42.1 Å². The van der Waals surface area contributed by atoms with E-state index in [1.807, 2.05) is 30.5 Å². The molecule has 1 aliphatic rings. The highest BCUT2D eigenvalue weighted by molar-refractivity contribution is 9.10. The van der Waals surface area contributed by atoms with Gasteiger partial charge in [0.05, 0.1) is 16.8 Å². The zero-order valence-corrected chi connectivity index (χ0v) is 17.6. The molecular weight excluding hydrogens is 418 g/mol. The predicted molar refractivity (Wildman–Crippen MR) is 111 cm³/mol. The van der Waals surface area contributed by atoms with Crippen LogP contribution < -0.4 is 15.0 Å². The normalized spacial score (nSPS) is 14.7. The van der Waals surface area contributed by atoms with Gasteiger partial charge in [0.1, 0.15) is 18.1 Å². The monoisotopic (exact) mass is 443 g/mol. The highest BCUT2D eigenvalue weighted by Crippen LogP contribution is 2.24. The summed E-state index contributed by atoms with van der Waals surface area (Å²) in [7, 11) is 3.75. The molecule has 1 fully saturated rings. The van der Waals surface area contributed by atoms with Crippen LogP contribution in [0.5, 0.6) is 5.75 Å². The van der Waals surface area contributed by atoms with Gasteiger partial charge in [-0.3, -0.25) is 5.10 Å². The third kappa shape index (κ3) is 5.88. The van der Waals surface area contributed by atoms with Crippen LogP contribution in [0.15, 0.2) is 28.7 Å². The van der Waals surface area contributed by atoms with E-state index in [2.05, 4.69) is 61.3 Å². The zero-order valence-electron chi connectivity index (χ0n) is 15.1. The van der Waals surface area contributed by atoms with Gasteiger partial charge in [-0.1, -0.05) is 12.8 Å². The second-order valence-electron chi connectivity index (χ2n) is 5.84. The number of nitrogens with zero attached hydrogens (tertiary/aromatic N) is 3. The van der Waals surface area contributed by atoms with Crippen LogP contribution in [0.4, 0.5) is 5.69 Å². The van der Waals surface area contributed by atoms with Crippen molar-refractivity contribution in [3.05, 3.63) is 40.1 Å². The van der Waals surface area contributed by atoms with E-state index >= 15 is 0 Å². The second kappa shape index (κ2) is 10.8. The lowest BCUT2D eigenvalue weighted by atomic mass is 10.2. The number of hydrogen-bond acceptors (Lipinski definition) is 7. The Morgan fingerprint density at radius 2 is 1.85 bits per heavy atom. The van der Waals surface area contributed by atoms with Crippen LogP contribution in [0, 0.1) is 0 Å². The topological polar surface area (TPSA) is 76.6 Å². The minimum atomic E-state index is -0.106. The van der Waals surface area contributed by atoms with Crippen molar-refractivity contribution in [2.24, 2.45) is 0 Å². The van der Waals surface area contributed by atoms with E-state index in [4.69, 9.17) is 9.84 Å². The number of halogens is 1. The summed E-state index contributed by atoms with van der Waals surface area (Å²) in [5.41, 5.74) is 2.59. The lowest BCUT2D eigenvalue weighted by Gasteiger charge is -2.33. The molecule has 26 heavy (non-hydrogen) atoms. The number of anilines is 1. The van der Waals surface area contributed by atoms with Crippen molar-refractivity contribution in [1.82, 2.24) is 19.8 Å². The smallest absolute Gasteiger partial charge is 0.131 e. The molecule has 0 spiro atoms. The maximum Gasteiger partial charge on any atom is 0.131 e. The predicted octanol–water partition coefficient (Wildman–Crippen LogP) is 2.05. The quantitative estimate of drug-likeness (QED) is 0.529. The molecule has 1 aromatic heterocycles. The molecule has 3 N–H and O–H groups in total. The molecule has 7 nitrogen and oxygen atoms in total. The molecule has 0 bridgehead atoms. The molecule has 0 aliphatic carbocycles. The number of hydrogen-bond donors (Lipinski definition) is 4. The van der Waals surface area contributed by atoms with Gasteiger partial charge in [0, 0.05) is 31.9 Å². The van der Waals surface area contributed by atoms with Gasteiger partial charge < -0.3 is 20.1 Å². The summed E-state index contributed by atoms with van der Waals surface area (Å²) in [6, 6.07) is 8.09. The van der Waals surface area contributed by atoms with Crippen LogP contribution >= 0.6 is 28.7 Å². The van der Waals surface area contributed by atoms with Gasteiger partial charge >= 0.3 is 0 Å². The number of aromatic amines is 1. The van der Waals surface area contributed by atoms with E-state index < -0.39 is 0 Å². The van der Waals surface area contributed by atoms with Gasteiger partial charge in [-0.15, -0.1) is 0 Å². The fourth-order valence-corrected chi connectivity index (χ4v) is 3.07. The molecular formula is C17H26BrN5O2S. The number of H-pyrrole nitrogens is 1. The molecule has 0 saturated carbocycles. The SMILES string of the molecule is CNC.OCc1n[nH]c(COc2ccc(N3CCN(S)CC3)cc2)c1Br. The lowest BCUT2D eigenvalue weighted by molar-refractivity contribution is 0.276. The maximum absolute atomic E-state index is 9.12. The molecule has 1 saturated heterocycles. The molecule has 1 aromatic carbocycles. The van der Waals surface area contributed by atoms with Crippen LogP contribution in [-0.2, 0) is 13.2 Å². The summed E-state index contributed by atoms with van der Waals surface area (Å²) in [4.78, 5) is 2.34. The van der Waals surface area contributed by atoms with Crippen molar-refractivity contribution in [2.45, 2.75) is 13.2 Å². The summed E-state index contributed by atoms with van der Waals surface area (Å²) < 4.78 is 8.57. The first-order chi connectivity index (χ1) is 12.6. The van der Waals surface area contributed by atoms with Crippen molar-refractivity contribution in [1.29, 1.82) is 0 Å². The molecule has 1 aliphatic heterocycles. The van der Waals surface area contributed by atoms with E-state index in [1.165, 1.54) is 5.69 Å².